The van der Waals surface area contributed by atoms with Crippen LogP contribution >= 0.6 is 50.2 Å². The van der Waals surface area contributed by atoms with E-state index in [1.165, 1.54) is 11.3 Å². The normalized spacial score (nSPS) is 10.5. The molecule has 3 aromatic rings. The fourth-order valence-electron chi connectivity index (χ4n) is 1.76. The van der Waals surface area contributed by atoms with Crippen LogP contribution in [0.4, 0.5) is 5.13 Å². The van der Waals surface area contributed by atoms with Crippen molar-refractivity contribution in [2.24, 2.45) is 0 Å². The van der Waals surface area contributed by atoms with Crippen molar-refractivity contribution in [2.45, 2.75) is 0 Å². The monoisotopic (exact) mass is 428 g/mol. The Bertz CT molecular complexity index is 821. The summed E-state index contributed by atoms with van der Waals surface area (Å²) in [5, 5.41) is 7.61. The van der Waals surface area contributed by atoms with Crippen molar-refractivity contribution in [1.29, 1.82) is 0 Å². The minimum atomic E-state index is -0.281. The highest BCUT2D eigenvalue weighted by Crippen LogP contribution is 2.29. The average Bonchev–Trinajstić information content (AvgIpc) is 3.17. The van der Waals surface area contributed by atoms with E-state index >= 15 is 0 Å². The lowest BCUT2D eigenvalue weighted by atomic mass is 10.3. The first-order valence-electron chi connectivity index (χ1n) is 6.49. The van der Waals surface area contributed by atoms with Gasteiger partial charge >= 0.3 is 0 Å². The van der Waals surface area contributed by atoms with Crippen molar-refractivity contribution in [3.05, 3.63) is 50.6 Å². The maximum absolute atomic E-state index is 11.9. The summed E-state index contributed by atoms with van der Waals surface area (Å²) in [6.45, 7) is -0.130. The van der Waals surface area contributed by atoms with Crippen molar-refractivity contribution in [3.63, 3.8) is 0 Å². The lowest BCUT2D eigenvalue weighted by molar-refractivity contribution is -0.118. The van der Waals surface area contributed by atoms with E-state index in [0.717, 1.165) is 15.0 Å². The third-order valence-corrected chi connectivity index (χ3v) is 5.22. The molecular formula is C15H10BrClN2O2S2. The van der Waals surface area contributed by atoms with Gasteiger partial charge in [0.15, 0.2) is 11.7 Å². The Balaban J connectivity index is 1.57. The number of thiazole rings is 1. The SMILES string of the molecule is O=C(COc1ccc(Br)cc1Cl)Nc1nc(-c2cccs2)cs1. The Morgan fingerprint density at radius 1 is 1.35 bits per heavy atom. The molecule has 0 saturated carbocycles. The van der Waals surface area contributed by atoms with Crippen LogP contribution in [0.15, 0.2) is 45.6 Å². The highest BCUT2D eigenvalue weighted by molar-refractivity contribution is 9.10. The van der Waals surface area contributed by atoms with E-state index in [1.807, 2.05) is 22.9 Å². The highest BCUT2D eigenvalue weighted by Gasteiger charge is 2.10. The molecule has 3 rings (SSSR count). The molecule has 2 heterocycles. The number of hydrogen-bond donors (Lipinski definition) is 1. The number of nitrogens with one attached hydrogen (secondary N) is 1. The second-order valence-electron chi connectivity index (χ2n) is 4.43. The molecule has 0 spiro atoms. The Labute approximate surface area is 154 Å². The number of amides is 1. The number of aromatic nitrogens is 1. The molecule has 2 aromatic heterocycles. The molecule has 0 fully saturated rings. The summed E-state index contributed by atoms with van der Waals surface area (Å²) < 4.78 is 6.27. The van der Waals surface area contributed by atoms with Crippen LogP contribution in [0.25, 0.3) is 10.6 Å². The molecule has 0 aliphatic carbocycles. The number of nitrogens with zero attached hydrogens (tertiary/aromatic N) is 1. The maximum Gasteiger partial charge on any atom is 0.264 e. The fourth-order valence-corrected chi connectivity index (χ4v) is 3.98. The van der Waals surface area contributed by atoms with Crippen LogP contribution in [0, 0.1) is 0 Å². The maximum atomic E-state index is 11.9. The Kier molecular flexibility index (Phi) is 5.32. The van der Waals surface area contributed by atoms with E-state index in [4.69, 9.17) is 16.3 Å². The van der Waals surface area contributed by atoms with Gasteiger partial charge < -0.3 is 4.74 Å². The standard InChI is InChI=1S/C15H10BrClN2O2S2/c16-9-3-4-12(10(17)6-9)21-7-14(20)19-15-18-11(8-23-15)13-2-1-5-22-13/h1-6,8H,7H2,(H,18,19,20). The third-order valence-electron chi connectivity index (χ3n) is 2.78. The molecule has 0 aliphatic rings. The van der Waals surface area contributed by atoms with Gasteiger partial charge in [0.25, 0.3) is 5.91 Å². The van der Waals surface area contributed by atoms with Gasteiger partial charge in [-0.2, -0.15) is 0 Å². The van der Waals surface area contributed by atoms with E-state index in [-0.39, 0.29) is 12.5 Å². The molecule has 1 amide bonds. The van der Waals surface area contributed by atoms with E-state index in [9.17, 15) is 4.79 Å². The summed E-state index contributed by atoms with van der Waals surface area (Å²) in [6.07, 6.45) is 0. The average molecular weight is 430 g/mol. The number of carbonyl (C=O) groups excluding carboxylic acids is 1. The first-order chi connectivity index (χ1) is 11.1. The number of halogens is 2. The topological polar surface area (TPSA) is 51.2 Å². The Hall–Kier alpha value is -1.41. The van der Waals surface area contributed by atoms with Crippen LogP contribution in [-0.2, 0) is 4.79 Å². The molecule has 0 aliphatic heterocycles. The molecule has 1 aromatic carbocycles. The van der Waals surface area contributed by atoms with Crippen LogP contribution in [0.3, 0.4) is 0 Å². The molecule has 1 N–H and O–H groups in total. The molecular weight excluding hydrogens is 420 g/mol. The van der Waals surface area contributed by atoms with Crippen molar-refractivity contribution in [3.8, 4) is 16.3 Å². The number of hydrogen-bond acceptors (Lipinski definition) is 5. The molecule has 8 heteroatoms. The lowest BCUT2D eigenvalue weighted by Crippen LogP contribution is -2.20. The molecule has 0 unspecified atom stereocenters. The summed E-state index contributed by atoms with van der Waals surface area (Å²) >= 11 is 12.3. The van der Waals surface area contributed by atoms with Crippen molar-refractivity contribution in [1.82, 2.24) is 4.98 Å². The third kappa shape index (κ3) is 4.32. The number of rotatable bonds is 5. The minimum absolute atomic E-state index is 0.130. The van der Waals surface area contributed by atoms with Gasteiger partial charge in [-0.3, -0.25) is 10.1 Å². The van der Waals surface area contributed by atoms with E-state index < -0.39 is 0 Å². The van der Waals surface area contributed by atoms with Crippen molar-refractivity contribution in [2.75, 3.05) is 11.9 Å². The minimum Gasteiger partial charge on any atom is -0.482 e. The number of anilines is 1. The van der Waals surface area contributed by atoms with Crippen molar-refractivity contribution < 1.29 is 9.53 Å². The number of carbonyl (C=O) groups is 1. The van der Waals surface area contributed by atoms with Gasteiger partial charge in [0.05, 0.1) is 15.6 Å². The van der Waals surface area contributed by atoms with Gasteiger partial charge in [0.2, 0.25) is 0 Å². The fraction of sp³-hybridized carbons (Fsp3) is 0.0667. The molecule has 0 saturated heterocycles. The largest absolute Gasteiger partial charge is 0.482 e. The van der Waals surface area contributed by atoms with E-state index in [2.05, 4.69) is 26.2 Å². The second kappa shape index (κ2) is 7.44. The van der Waals surface area contributed by atoms with Crippen LogP contribution in [-0.4, -0.2) is 17.5 Å². The number of ether oxygens (including phenoxy) is 1. The molecule has 0 bridgehead atoms. The molecule has 23 heavy (non-hydrogen) atoms. The summed E-state index contributed by atoms with van der Waals surface area (Å²) in [5.41, 5.74) is 0.858. The quantitative estimate of drug-likeness (QED) is 0.598. The molecule has 118 valence electrons. The van der Waals surface area contributed by atoms with Crippen LogP contribution in [0.5, 0.6) is 5.75 Å². The zero-order chi connectivity index (χ0) is 16.2. The van der Waals surface area contributed by atoms with Crippen LogP contribution in [0.1, 0.15) is 0 Å². The molecule has 4 nitrogen and oxygen atoms in total. The molecule has 0 atom stereocenters. The van der Waals surface area contributed by atoms with Gasteiger partial charge in [-0.25, -0.2) is 4.98 Å². The number of benzene rings is 1. The van der Waals surface area contributed by atoms with Crippen LogP contribution < -0.4 is 10.1 Å². The first kappa shape index (κ1) is 16.4. The Morgan fingerprint density at radius 2 is 2.22 bits per heavy atom. The van der Waals surface area contributed by atoms with Gasteiger partial charge in [-0.15, -0.1) is 22.7 Å². The lowest BCUT2D eigenvalue weighted by Gasteiger charge is -2.07. The predicted molar refractivity (Wildman–Crippen MR) is 98.7 cm³/mol. The van der Waals surface area contributed by atoms with E-state index in [1.54, 1.807) is 29.5 Å². The van der Waals surface area contributed by atoms with Gasteiger partial charge in [0, 0.05) is 9.85 Å². The zero-order valence-corrected chi connectivity index (χ0v) is 15.6. The highest BCUT2D eigenvalue weighted by atomic mass is 79.9. The predicted octanol–water partition coefficient (Wildman–Crippen LogP) is 5.31. The zero-order valence-electron chi connectivity index (χ0n) is 11.6. The smallest absolute Gasteiger partial charge is 0.264 e. The summed E-state index contributed by atoms with van der Waals surface area (Å²) in [5.74, 6) is 0.180. The van der Waals surface area contributed by atoms with Crippen LogP contribution in [0.2, 0.25) is 5.02 Å². The summed E-state index contributed by atoms with van der Waals surface area (Å²) in [4.78, 5) is 17.4. The second-order valence-corrected chi connectivity index (χ2v) is 7.56. The Morgan fingerprint density at radius 3 is 2.96 bits per heavy atom. The molecule has 0 radical (unpaired) electrons. The summed E-state index contributed by atoms with van der Waals surface area (Å²) in [6, 6.07) is 9.17. The van der Waals surface area contributed by atoms with E-state index in [0.29, 0.717) is 15.9 Å². The van der Waals surface area contributed by atoms with Gasteiger partial charge in [0.1, 0.15) is 5.75 Å². The summed E-state index contributed by atoms with van der Waals surface area (Å²) in [7, 11) is 0. The number of thiophene rings is 1. The van der Waals surface area contributed by atoms with Gasteiger partial charge in [-0.05, 0) is 29.6 Å². The first-order valence-corrected chi connectivity index (χ1v) is 9.42. The van der Waals surface area contributed by atoms with Crippen molar-refractivity contribution >= 4 is 61.2 Å². The van der Waals surface area contributed by atoms with Gasteiger partial charge in [-0.1, -0.05) is 33.6 Å².